The van der Waals surface area contributed by atoms with Crippen LogP contribution < -0.4 is 4.74 Å². The number of carboxylic acids is 1. The zero-order chi connectivity index (χ0) is 31.6. The molecule has 4 aliphatic carbocycles. The molecule has 4 fully saturated rings. The number of rotatable bonds is 10. The van der Waals surface area contributed by atoms with Crippen molar-refractivity contribution in [2.45, 2.75) is 94.4 Å². The summed E-state index contributed by atoms with van der Waals surface area (Å²) in [5, 5.41) is 25.8. The van der Waals surface area contributed by atoms with Crippen LogP contribution in [0.4, 0.5) is 0 Å². The van der Waals surface area contributed by atoms with Gasteiger partial charge < -0.3 is 24.2 Å². The molecule has 0 spiro atoms. The summed E-state index contributed by atoms with van der Waals surface area (Å²) >= 11 is 13.0. The van der Waals surface area contributed by atoms with E-state index in [-0.39, 0.29) is 23.2 Å². The average molecular weight is 653 g/mol. The van der Waals surface area contributed by atoms with Gasteiger partial charge in [-0.3, -0.25) is 4.98 Å². The van der Waals surface area contributed by atoms with E-state index >= 15 is 0 Å². The number of pyridine rings is 2. The van der Waals surface area contributed by atoms with Crippen LogP contribution in [0.15, 0.2) is 41.2 Å². The summed E-state index contributed by atoms with van der Waals surface area (Å²) in [5.74, 6) is 0.637. The average Bonchev–Trinajstić information content (AvgIpc) is 3.78. The Morgan fingerprint density at radius 2 is 1.73 bits per heavy atom. The fraction of sp³-hybridized carbons (Fsp3) is 0.471. The van der Waals surface area contributed by atoms with Crippen molar-refractivity contribution < 1.29 is 29.0 Å². The molecule has 4 aliphatic rings. The van der Waals surface area contributed by atoms with Crippen molar-refractivity contribution in [3.8, 4) is 17.0 Å². The molecule has 1 aromatic carbocycles. The van der Waals surface area contributed by atoms with Crippen LogP contribution in [0.1, 0.15) is 98.5 Å². The lowest BCUT2D eigenvalue weighted by Gasteiger charge is -2.53. The summed E-state index contributed by atoms with van der Waals surface area (Å²) in [6.45, 7) is 3.75. The minimum Gasteiger partial charge on any atom is -0.488 e. The normalized spacial score (nSPS) is 23.0. The van der Waals surface area contributed by atoms with Gasteiger partial charge >= 0.3 is 5.97 Å². The van der Waals surface area contributed by atoms with Crippen LogP contribution in [-0.4, -0.2) is 49.1 Å². The zero-order valence-electron chi connectivity index (χ0n) is 25.2. The van der Waals surface area contributed by atoms with Crippen molar-refractivity contribution in [3.05, 3.63) is 69.3 Å². The van der Waals surface area contributed by atoms with Gasteiger partial charge in [-0.15, -0.1) is 0 Å². The number of aliphatic hydroxyl groups is 1. The summed E-state index contributed by atoms with van der Waals surface area (Å²) < 4.78 is 18.6. The van der Waals surface area contributed by atoms with Gasteiger partial charge in [0.05, 0.1) is 33.4 Å². The van der Waals surface area contributed by atoms with Crippen LogP contribution in [0.3, 0.4) is 0 Å². The third kappa shape index (κ3) is 5.69. The Morgan fingerprint density at radius 1 is 1.04 bits per heavy atom. The summed E-state index contributed by atoms with van der Waals surface area (Å²) in [6, 6.07) is 6.99. The Morgan fingerprint density at radius 3 is 2.36 bits per heavy atom. The molecule has 0 saturated heterocycles. The zero-order valence-corrected chi connectivity index (χ0v) is 26.7. The minimum absolute atomic E-state index is 0.0569. The quantitative estimate of drug-likeness (QED) is 0.176. The first kappa shape index (κ1) is 30.4. The van der Waals surface area contributed by atoms with E-state index in [2.05, 4.69) is 10.1 Å². The molecule has 3 aromatic heterocycles. The number of carboxylic acid groups (broad SMARTS) is 1. The molecule has 4 saturated carbocycles. The maximum atomic E-state index is 12.0. The molecule has 3 heterocycles. The van der Waals surface area contributed by atoms with Crippen molar-refractivity contribution in [1.29, 1.82) is 0 Å². The number of benzene rings is 1. The Hall–Kier alpha value is -3.24. The van der Waals surface area contributed by atoms with E-state index < -0.39 is 11.6 Å². The first-order valence-corrected chi connectivity index (χ1v) is 16.2. The smallest absolute Gasteiger partial charge is 0.336 e. The van der Waals surface area contributed by atoms with Crippen LogP contribution in [0, 0.1) is 0 Å². The van der Waals surface area contributed by atoms with Gasteiger partial charge in [0.25, 0.3) is 0 Å². The van der Waals surface area contributed by atoms with Crippen LogP contribution in [-0.2, 0) is 16.8 Å². The maximum absolute atomic E-state index is 12.0. The summed E-state index contributed by atoms with van der Waals surface area (Å²) in [7, 11) is 0. The SMILES string of the molecule is CC(C)(O)COc1ccc(C(=O)O)c2ccc(C34CCC(OCc5c(-c6c(Cl)cncc6Cl)noc5C5CC5)(CC3)CC4)nc12. The summed E-state index contributed by atoms with van der Waals surface area (Å²) in [6.07, 6.45) is 10.6. The number of nitrogens with zero attached hydrogens (tertiary/aromatic N) is 3. The first-order chi connectivity index (χ1) is 21.5. The highest BCUT2D eigenvalue weighted by Crippen LogP contribution is 2.56. The molecule has 0 amide bonds. The Labute approximate surface area is 270 Å². The molecule has 8 rings (SSSR count). The van der Waals surface area contributed by atoms with Gasteiger partial charge in [-0.1, -0.05) is 28.4 Å². The van der Waals surface area contributed by atoms with Gasteiger partial charge in [0.1, 0.15) is 29.3 Å². The van der Waals surface area contributed by atoms with Crippen molar-refractivity contribution in [1.82, 2.24) is 15.1 Å². The predicted molar refractivity (Wildman–Crippen MR) is 169 cm³/mol. The monoisotopic (exact) mass is 651 g/mol. The van der Waals surface area contributed by atoms with Gasteiger partial charge in [0.15, 0.2) is 0 Å². The number of hydrogen-bond donors (Lipinski definition) is 2. The van der Waals surface area contributed by atoms with E-state index in [1.165, 1.54) is 6.07 Å². The Bertz CT molecular complexity index is 1750. The molecule has 9 nitrogen and oxygen atoms in total. The van der Waals surface area contributed by atoms with E-state index in [1.807, 2.05) is 12.1 Å². The number of halogens is 2. The lowest BCUT2D eigenvalue weighted by atomic mass is 9.57. The fourth-order valence-electron chi connectivity index (χ4n) is 6.98. The van der Waals surface area contributed by atoms with Crippen molar-refractivity contribution in [2.75, 3.05) is 6.61 Å². The number of aromatic nitrogens is 3. The molecule has 2 bridgehead atoms. The van der Waals surface area contributed by atoms with Crippen molar-refractivity contribution in [2.24, 2.45) is 0 Å². The van der Waals surface area contributed by atoms with E-state index in [1.54, 1.807) is 32.3 Å². The van der Waals surface area contributed by atoms with Crippen LogP contribution >= 0.6 is 23.2 Å². The molecule has 0 radical (unpaired) electrons. The van der Waals surface area contributed by atoms with Crippen molar-refractivity contribution >= 4 is 40.1 Å². The van der Waals surface area contributed by atoms with E-state index in [0.29, 0.717) is 50.5 Å². The highest BCUT2D eigenvalue weighted by Gasteiger charge is 2.51. The molecule has 236 valence electrons. The van der Waals surface area contributed by atoms with Crippen LogP contribution in [0.2, 0.25) is 10.0 Å². The number of ether oxygens (including phenoxy) is 2. The molecular formula is C34H35Cl2N3O6. The van der Waals surface area contributed by atoms with Gasteiger partial charge in [-0.2, -0.15) is 0 Å². The molecule has 0 unspecified atom stereocenters. The second kappa shape index (κ2) is 11.2. The van der Waals surface area contributed by atoms with Gasteiger partial charge in [-0.25, -0.2) is 9.78 Å². The molecular weight excluding hydrogens is 617 g/mol. The van der Waals surface area contributed by atoms with Crippen LogP contribution in [0.25, 0.3) is 22.2 Å². The van der Waals surface area contributed by atoms with E-state index in [9.17, 15) is 15.0 Å². The minimum atomic E-state index is -1.05. The Balaban J connectivity index is 1.13. The number of aromatic carboxylic acids is 1. The first-order valence-electron chi connectivity index (χ1n) is 15.4. The van der Waals surface area contributed by atoms with E-state index in [4.69, 9.17) is 42.2 Å². The van der Waals surface area contributed by atoms with Crippen molar-refractivity contribution in [3.63, 3.8) is 0 Å². The predicted octanol–water partition coefficient (Wildman–Crippen LogP) is 7.88. The number of fused-ring (bicyclic) bond motifs is 4. The third-order valence-corrected chi connectivity index (χ3v) is 10.3. The van der Waals surface area contributed by atoms with Crippen LogP contribution in [0.5, 0.6) is 5.75 Å². The maximum Gasteiger partial charge on any atom is 0.336 e. The Kier molecular flexibility index (Phi) is 7.59. The number of hydrogen-bond acceptors (Lipinski definition) is 8. The lowest BCUT2D eigenvalue weighted by molar-refractivity contribution is -0.127. The standard InChI is InChI=1S/C34H35Cl2N3O6/c1-32(2,42)18-43-25-7-5-21(31(40)41)20-6-8-26(38-28(20)25)33-9-12-34(13-10-33,14-11-33)44-17-22-29(39-45-30(22)19-3-4-19)27-23(35)15-37-16-24(27)36/h5-8,15-16,19,42H,3-4,9-14,17-18H2,1-2H3,(H,40,41). The lowest BCUT2D eigenvalue weighted by Crippen LogP contribution is -2.50. The molecule has 45 heavy (non-hydrogen) atoms. The highest BCUT2D eigenvalue weighted by molar-refractivity contribution is 6.38. The molecule has 4 aromatic rings. The van der Waals surface area contributed by atoms with E-state index in [0.717, 1.165) is 68.4 Å². The van der Waals surface area contributed by atoms with Gasteiger partial charge in [0, 0.05) is 45.9 Å². The van der Waals surface area contributed by atoms with Gasteiger partial charge in [0.2, 0.25) is 0 Å². The third-order valence-electron chi connectivity index (χ3n) is 9.73. The second-order valence-corrected chi connectivity index (χ2v) is 14.3. The van der Waals surface area contributed by atoms with Gasteiger partial charge in [-0.05, 0) is 89.5 Å². The second-order valence-electron chi connectivity index (χ2n) is 13.5. The molecule has 0 aliphatic heterocycles. The summed E-state index contributed by atoms with van der Waals surface area (Å²) in [4.78, 5) is 21.1. The molecule has 2 N–H and O–H groups in total. The number of carbonyl (C=O) groups is 1. The fourth-order valence-corrected chi connectivity index (χ4v) is 7.53. The molecule has 11 heteroatoms. The largest absolute Gasteiger partial charge is 0.488 e. The molecule has 0 atom stereocenters. The summed E-state index contributed by atoms with van der Waals surface area (Å²) in [5.41, 5.74) is 2.32. The highest BCUT2D eigenvalue weighted by atomic mass is 35.5. The topological polar surface area (TPSA) is 128 Å².